The van der Waals surface area contributed by atoms with Crippen molar-refractivity contribution in [1.82, 2.24) is 10.2 Å². The van der Waals surface area contributed by atoms with Crippen LogP contribution < -0.4 is 10.2 Å². The zero-order valence-electron chi connectivity index (χ0n) is 17.2. The normalized spacial score (nSPS) is 29.2. The van der Waals surface area contributed by atoms with Crippen LogP contribution in [0.5, 0.6) is 0 Å². The molecule has 0 aliphatic carbocycles. The highest BCUT2D eigenvalue weighted by molar-refractivity contribution is 6.09. The number of hydrogen-bond donors (Lipinski definition) is 1. The topological polar surface area (TPSA) is 79.0 Å². The van der Waals surface area contributed by atoms with Gasteiger partial charge < -0.3 is 9.64 Å². The lowest BCUT2D eigenvalue weighted by molar-refractivity contribution is -0.156. The Morgan fingerprint density at radius 1 is 1.14 bits per heavy atom. The molecule has 28 heavy (non-hydrogen) atoms. The number of benzene rings is 1. The number of ether oxygens (including phenoxy) is 1. The van der Waals surface area contributed by atoms with E-state index in [1.807, 2.05) is 50.2 Å². The first kappa shape index (κ1) is 20.3. The van der Waals surface area contributed by atoms with E-state index < -0.39 is 29.4 Å². The van der Waals surface area contributed by atoms with Crippen molar-refractivity contribution in [2.75, 3.05) is 32.1 Å². The van der Waals surface area contributed by atoms with Crippen molar-refractivity contribution in [3.8, 4) is 0 Å². The molecule has 1 aromatic rings. The molecule has 0 spiro atoms. The Labute approximate surface area is 166 Å². The van der Waals surface area contributed by atoms with Crippen molar-refractivity contribution in [2.24, 2.45) is 11.8 Å². The molecular formula is C21H29N3O4. The summed E-state index contributed by atoms with van der Waals surface area (Å²) < 4.78 is 5.33. The van der Waals surface area contributed by atoms with E-state index in [0.717, 1.165) is 11.3 Å². The maximum Gasteiger partial charge on any atom is 0.327 e. The number of rotatable bonds is 6. The molecule has 2 heterocycles. The smallest absolute Gasteiger partial charge is 0.327 e. The van der Waals surface area contributed by atoms with Crippen LogP contribution in [0.25, 0.3) is 0 Å². The van der Waals surface area contributed by atoms with Crippen molar-refractivity contribution in [3.05, 3.63) is 29.8 Å². The average molecular weight is 387 g/mol. The zero-order valence-corrected chi connectivity index (χ0v) is 17.2. The molecule has 3 rings (SSSR count). The summed E-state index contributed by atoms with van der Waals surface area (Å²) >= 11 is 0. The van der Waals surface area contributed by atoms with Gasteiger partial charge in [0.1, 0.15) is 5.54 Å². The summed E-state index contributed by atoms with van der Waals surface area (Å²) in [5, 5.41) is 3.35. The summed E-state index contributed by atoms with van der Waals surface area (Å²) in [7, 11) is 3.92. The van der Waals surface area contributed by atoms with E-state index in [2.05, 4.69) is 5.32 Å². The number of amides is 2. The molecule has 1 aromatic carbocycles. The van der Waals surface area contributed by atoms with Crippen LogP contribution in [0.2, 0.25) is 0 Å². The van der Waals surface area contributed by atoms with E-state index in [4.69, 9.17) is 4.74 Å². The van der Waals surface area contributed by atoms with Gasteiger partial charge in [0.25, 0.3) is 0 Å². The summed E-state index contributed by atoms with van der Waals surface area (Å²) in [5.74, 6) is -2.32. The van der Waals surface area contributed by atoms with Crippen molar-refractivity contribution in [3.63, 3.8) is 0 Å². The van der Waals surface area contributed by atoms with Crippen molar-refractivity contribution < 1.29 is 19.1 Å². The number of anilines is 1. The minimum absolute atomic E-state index is 0.216. The van der Waals surface area contributed by atoms with Gasteiger partial charge in [-0.1, -0.05) is 19.1 Å². The Morgan fingerprint density at radius 3 is 2.29 bits per heavy atom. The first-order chi connectivity index (χ1) is 13.3. The van der Waals surface area contributed by atoms with Gasteiger partial charge in [0.15, 0.2) is 0 Å². The highest BCUT2D eigenvalue weighted by Gasteiger charge is 2.67. The molecule has 0 unspecified atom stereocenters. The third-order valence-corrected chi connectivity index (χ3v) is 6.03. The molecule has 1 N–H and O–H groups in total. The van der Waals surface area contributed by atoms with E-state index in [-0.39, 0.29) is 18.4 Å². The molecule has 152 valence electrons. The summed E-state index contributed by atoms with van der Waals surface area (Å²) in [6.07, 6.45) is 0.371. The quantitative estimate of drug-likeness (QED) is 0.592. The van der Waals surface area contributed by atoms with Crippen LogP contribution in [0.4, 0.5) is 5.69 Å². The highest BCUT2D eigenvalue weighted by Crippen LogP contribution is 2.50. The van der Waals surface area contributed by atoms with Crippen LogP contribution in [0.3, 0.4) is 0 Å². The van der Waals surface area contributed by atoms with Gasteiger partial charge in [0.2, 0.25) is 11.8 Å². The Hall–Kier alpha value is -2.41. The predicted octanol–water partition coefficient (Wildman–Crippen LogP) is 1.73. The first-order valence-electron chi connectivity index (χ1n) is 9.89. The molecule has 2 saturated heterocycles. The van der Waals surface area contributed by atoms with Gasteiger partial charge >= 0.3 is 5.97 Å². The zero-order chi connectivity index (χ0) is 20.6. The van der Waals surface area contributed by atoms with E-state index in [1.165, 1.54) is 4.90 Å². The van der Waals surface area contributed by atoms with Gasteiger partial charge in [-0.05, 0) is 38.0 Å². The fourth-order valence-corrected chi connectivity index (χ4v) is 4.56. The second-order valence-corrected chi connectivity index (χ2v) is 7.58. The Bertz CT molecular complexity index is 776. The molecule has 0 saturated carbocycles. The molecular weight excluding hydrogens is 358 g/mol. The molecule has 4 atom stereocenters. The lowest BCUT2D eigenvalue weighted by Gasteiger charge is -2.31. The molecule has 0 radical (unpaired) electrons. The highest BCUT2D eigenvalue weighted by atomic mass is 16.5. The lowest BCUT2D eigenvalue weighted by Crippen LogP contribution is -2.56. The van der Waals surface area contributed by atoms with E-state index in [1.54, 1.807) is 13.8 Å². The fraction of sp³-hybridized carbons (Fsp3) is 0.571. The van der Waals surface area contributed by atoms with Crippen molar-refractivity contribution >= 4 is 23.5 Å². The maximum atomic E-state index is 13.1. The monoisotopic (exact) mass is 387 g/mol. The van der Waals surface area contributed by atoms with Gasteiger partial charge in [-0.3, -0.25) is 24.6 Å². The number of nitrogens with zero attached hydrogens (tertiary/aromatic N) is 2. The Kier molecular flexibility index (Phi) is 5.48. The van der Waals surface area contributed by atoms with Crippen LogP contribution in [-0.4, -0.2) is 55.5 Å². The summed E-state index contributed by atoms with van der Waals surface area (Å²) in [5.41, 5.74) is 0.733. The maximum absolute atomic E-state index is 13.1. The molecule has 0 bridgehead atoms. The van der Waals surface area contributed by atoms with Gasteiger partial charge in [0, 0.05) is 32.4 Å². The van der Waals surface area contributed by atoms with Gasteiger partial charge in [-0.2, -0.15) is 0 Å². The number of esters is 1. The molecule has 2 fully saturated rings. The molecule has 2 aliphatic rings. The van der Waals surface area contributed by atoms with Crippen molar-refractivity contribution in [2.45, 2.75) is 38.8 Å². The number of imide groups is 1. The van der Waals surface area contributed by atoms with Gasteiger partial charge in [0.05, 0.1) is 18.4 Å². The largest absolute Gasteiger partial charge is 0.465 e. The predicted molar refractivity (Wildman–Crippen MR) is 106 cm³/mol. The number of nitrogens with one attached hydrogen (secondary N) is 1. The first-order valence-corrected chi connectivity index (χ1v) is 9.89. The van der Waals surface area contributed by atoms with Crippen molar-refractivity contribution in [1.29, 1.82) is 0 Å². The number of carbonyl (C=O) groups is 3. The molecule has 0 aromatic heterocycles. The minimum Gasteiger partial charge on any atom is -0.465 e. The lowest BCUT2D eigenvalue weighted by atomic mass is 9.78. The average Bonchev–Trinajstić information content (AvgIpc) is 3.16. The summed E-state index contributed by atoms with van der Waals surface area (Å²) in [6.45, 7) is 5.90. The Morgan fingerprint density at radius 2 is 1.79 bits per heavy atom. The molecule has 2 amide bonds. The third-order valence-electron chi connectivity index (χ3n) is 6.03. The summed E-state index contributed by atoms with van der Waals surface area (Å²) in [4.78, 5) is 42.4. The third kappa shape index (κ3) is 2.89. The summed E-state index contributed by atoms with van der Waals surface area (Å²) in [6, 6.07) is 7.43. The van der Waals surface area contributed by atoms with E-state index in [0.29, 0.717) is 13.0 Å². The molecule has 7 heteroatoms. The van der Waals surface area contributed by atoms with Gasteiger partial charge in [-0.15, -0.1) is 0 Å². The van der Waals surface area contributed by atoms with Gasteiger partial charge in [-0.25, -0.2) is 0 Å². The van der Waals surface area contributed by atoms with Crippen LogP contribution in [0.1, 0.15) is 38.8 Å². The van der Waals surface area contributed by atoms with Crippen LogP contribution in [0, 0.1) is 11.8 Å². The second-order valence-electron chi connectivity index (χ2n) is 7.58. The fourth-order valence-electron chi connectivity index (χ4n) is 4.56. The minimum atomic E-state index is -1.19. The van der Waals surface area contributed by atoms with Crippen LogP contribution in [0.15, 0.2) is 24.3 Å². The number of likely N-dealkylation sites (tertiary alicyclic amines) is 1. The SMILES string of the molecule is CCOC(=O)[C@]1(CC)N[C@@H](c2ccc(N(C)C)cc2)[C@H]2C(=O)N(CC)C(=O)[C@H]21. The standard InChI is InChI=1S/C21H29N3O4/c1-6-21(20(27)28-8-3)16-15(18(25)24(7-2)19(16)26)17(22-21)13-9-11-14(12-10-13)23(4)5/h9-12,15-17,22H,6-8H2,1-5H3/t15-,16-,17-,21+/m0/s1. The number of hydrogen-bond acceptors (Lipinski definition) is 6. The Balaban J connectivity index is 2.08. The number of carbonyl (C=O) groups excluding carboxylic acids is 3. The van der Waals surface area contributed by atoms with E-state index >= 15 is 0 Å². The molecule has 2 aliphatic heterocycles. The van der Waals surface area contributed by atoms with Crippen LogP contribution in [-0.2, 0) is 19.1 Å². The molecule has 7 nitrogen and oxygen atoms in total. The van der Waals surface area contributed by atoms with E-state index in [9.17, 15) is 14.4 Å². The number of fused-ring (bicyclic) bond motifs is 1. The second kappa shape index (κ2) is 7.54. The van der Waals surface area contributed by atoms with Crippen LogP contribution >= 0.6 is 0 Å².